The zero-order valence-electron chi connectivity index (χ0n) is 26.5. The topological polar surface area (TPSA) is 107 Å². The third-order valence-corrected chi connectivity index (χ3v) is 11.0. The number of pyridine rings is 2. The molecule has 6 heterocycles. The van der Waals surface area contributed by atoms with Gasteiger partial charge in [-0.15, -0.1) is 0 Å². The van der Waals surface area contributed by atoms with Crippen LogP contribution in [-0.2, 0) is 13.6 Å². The number of imidazole rings is 1. The number of aryl methyl sites for hydroxylation is 1. The molecule has 9 rings (SSSR count). The molecule has 2 aliphatic carbocycles. The molecule has 4 aliphatic rings. The van der Waals surface area contributed by atoms with Crippen molar-refractivity contribution >= 4 is 33.8 Å². The summed E-state index contributed by atoms with van der Waals surface area (Å²) >= 11 is 0. The van der Waals surface area contributed by atoms with Crippen LogP contribution in [0, 0.1) is 11.8 Å². The van der Waals surface area contributed by atoms with E-state index in [0.29, 0.717) is 23.1 Å². The van der Waals surface area contributed by atoms with Gasteiger partial charge in [-0.25, -0.2) is 9.97 Å². The zero-order valence-corrected chi connectivity index (χ0v) is 26.5. The Morgan fingerprint density at radius 3 is 2.70 bits per heavy atom. The van der Waals surface area contributed by atoms with Gasteiger partial charge in [0.05, 0.1) is 24.4 Å². The fraction of sp³-hybridized carbons (Fsp3) is 0.444. The van der Waals surface area contributed by atoms with E-state index >= 15 is 0 Å². The minimum atomic E-state index is 0.0149. The van der Waals surface area contributed by atoms with E-state index in [0.717, 1.165) is 84.7 Å². The largest absolute Gasteiger partial charge is 0.494 e. The zero-order chi connectivity index (χ0) is 31.1. The lowest BCUT2D eigenvalue weighted by Crippen LogP contribution is -2.41. The first kappa shape index (κ1) is 27.8. The SMILES string of the molecule is COc1cc(C(=O)N2CC3CCC2[C@@H]3N)cc2nc(-c3cc4ccc(N5CCCC5c5cccnc5)nc4n3CC3CC3)n(C)c12. The Morgan fingerprint density at radius 1 is 1.07 bits per heavy atom. The van der Waals surface area contributed by atoms with Crippen LogP contribution in [0.2, 0.25) is 0 Å². The van der Waals surface area contributed by atoms with Crippen molar-refractivity contribution in [1.29, 1.82) is 0 Å². The van der Waals surface area contributed by atoms with E-state index < -0.39 is 0 Å². The lowest BCUT2D eigenvalue weighted by Gasteiger charge is -2.27. The van der Waals surface area contributed by atoms with E-state index in [4.69, 9.17) is 20.4 Å². The van der Waals surface area contributed by atoms with Crippen molar-refractivity contribution in [1.82, 2.24) is 29.0 Å². The first-order valence-corrected chi connectivity index (χ1v) is 16.8. The first-order chi connectivity index (χ1) is 22.5. The predicted octanol–water partition coefficient (Wildman–Crippen LogP) is 5.31. The Balaban J connectivity index is 1.13. The van der Waals surface area contributed by atoms with Gasteiger partial charge in [0.1, 0.15) is 22.7 Å². The normalized spacial score (nSPS) is 24.2. The van der Waals surface area contributed by atoms with Gasteiger partial charge in [0, 0.05) is 62.1 Å². The Morgan fingerprint density at radius 2 is 1.96 bits per heavy atom. The summed E-state index contributed by atoms with van der Waals surface area (Å²) in [7, 11) is 3.70. The summed E-state index contributed by atoms with van der Waals surface area (Å²) in [4.78, 5) is 33.1. The van der Waals surface area contributed by atoms with Crippen molar-refractivity contribution in [2.24, 2.45) is 24.6 Å². The maximum absolute atomic E-state index is 13.8. The van der Waals surface area contributed by atoms with Crippen LogP contribution >= 0.6 is 0 Å². The van der Waals surface area contributed by atoms with E-state index in [-0.39, 0.29) is 24.0 Å². The molecule has 4 aromatic heterocycles. The highest BCUT2D eigenvalue weighted by Crippen LogP contribution is 2.41. The number of benzene rings is 1. The smallest absolute Gasteiger partial charge is 0.254 e. The Labute approximate surface area is 268 Å². The number of hydrogen-bond acceptors (Lipinski definition) is 7. The number of aromatic nitrogens is 5. The molecule has 4 fully saturated rings. The number of likely N-dealkylation sites (tertiary alicyclic amines) is 1. The number of carbonyl (C=O) groups excluding carboxylic acids is 1. The van der Waals surface area contributed by atoms with Gasteiger partial charge in [-0.1, -0.05) is 6.07 Å². The van der Waals surface area contributed by atoms with Crippen LogP contribution in [0.5, 0.6) is 5.75 Å². The van der Waals surface area contributed by atoms with Crippen LogP contribution in [-0.4, -0.2) is 67.2 Å². The fourth-order valence-corrected chi connectivity index (χ4v) is 8.43. The lowest BCUT2D eigenvalue weighted by molar-refractivity contribution is 0.0700. The van der Waals surface area contributed by atoms with Crippen molar-refractivity contribution < 1.29 is 9.53 Å². The lowest BCUT2D eigenvalue weighted by atomic mass is 10.1. The second-order valence-electron chi connectivity index (χ2n) is 13.8. The van der Waals surface area contributed by atoms with E-state index in [9.17, 15) is 4.79 Å². The maximum Gasteiger partial charge on any atom is 0.254 e. The van der Waals surface area contributed by atoms with Gasteiger partial charge < -0.3 is 29.4 Å². The van der Waals surface area contributed by atoms with Gasteiger partial charge in [-0.05, 0) is 92.3 Å². The number of fused-ring (bicyclic) bond motifs is 4. The fourth-order valence-electron chi connectivity index (χ4n) is 8.43. The average molecular weight is 617 g/mol. The molecule has 1 aromatic carbocycles. The molecule has 10 nitrogen and oxygen atoms in total. The molecule has 2 aliphatic heterocycles. The second-order valence-corrected chi connectivity index (χ2v) is 13.8. The molecule has 5 aromatic rings. The van der Waals surface area contributed by atoms with Crippen LogP contribution in [0.4, 0.5) is 5.82 Å². The van der Waals surface area contributed by atoms with Gasteiger partial charge in [0.15, 0.2) is 5.82 Å². The van der Waals surface area contributed by atoms with E-state index in [1.54, 1.807) is 7.11 Å². The predicted molar refractivity (Wildman–Crippen MR) is 178 cm³/mol. The van der Waals surface area contributed by atoms with Gasteiger partial charge in [0.25, 0.3) is 5.91 Å². The van der Waals surface area contributed by atoms with Crippen molar-refractivity contribution in [2.75, 3.05) is 25.1 Å². The molecule has 3 unspecified atom stereocenters. The molecule has 2 saturated heterocycles. The van der Waals surface area contributed by atoms with Gasteiger partial charge in [-0.2, -0.15) is 0 Å². The minimum absolute atomic E-state index is 0.0149. The molecule has 2 bridgehead atoms. The number of piperidine rings is 1. The second kappa shape index (κ2) is 10.6. The monoisotopic (exact) mass is 616 g/mol. The van der Waals surface area contributed by atoms with Crippen LogP contribution < -0.4 is 15.4 Å². The Bertz CT molecular complexity index is 1980. The molecular weight excluding hydrogens is 576 g/mol. The summed E-state index contributed by atoms with van der Waals surface area (Å²) in [5, 5.41) is 1.10. The quantitative estimate of drug-likeness (QED) is 0.264. The van der Waals surface area contributed by atoms with Crippen molar-refractivity contribution in [3.63, 3.8) is 0 Å². The third-order valence-electron chi connectivity index (χ3n) is 11.0. The summed E-state index contributed by atoms with van der Waals surface area (Å²) in [5.74, 6) is 3.55. The standard InChI is InChI=1S/C36H40N8O2/c1-41-33-26(15-25(17-30(33)46-2)36(45)44-20-24-9-11-28(44)32(24)37)39-35(41)29-16-22-10-12-31(40-34(22)43(29)19-21-7-8-21)42-14-4-6-27(42)23-5-3-13-38-18-23/h3,5,10,12-13,15-18,21,24,27-28,32H,4,6-9,11,14,19-20,37H2,1-2H3/t24?,27?,28?,32-/m1/s1. The van der Waals surface area contributed by atoms with E-state index in [2.05, 4.69) is 43.3 Å². The number of amides is 1. The maximum atomic E-state index is 13.8. The highest BCUT2D eigenvalue weighted by atomic mass is 16.5. The first-order valence-electron chi connectivity index (χ1n) is 16.8. The van der Waals surface area contributed by atoms with Crippen LogP contribution in [0.25, 0.3) is 33.6 Å². The number of hydrogen-bond donors (Lipinski definition) is 1. The van der Waals surface area contributed by atoms with Crippen molar-refractivity contribution in [2.45, 2.75) is 63.2 Å². The Kier molecular flexibility index (Phi) is 6.39. The molecule has 10 heteroatoms. The summed E-state index contributed by atoms with van der Waals surface area (Å²) in [6, 6.07) is 15.1. The van der Waals surface area contributed by atoms with E-state index in [1.807, 2.05) is 42.5 Å². The summed E-state index contributed by atoms with van der Waals surface area (Å²) in [5.41, 5.74) is 11.9. The number of ether oxygens (including phenoxy) is 1. The highest BCUT2D eigenvalue weighted by Gasteiger charge is 2.47. The number of rotatable bonds is 7. The van der Waals surface area contributed by atoms with Crippen LogP contribution in [0.1, 0.15) is 60.5 Å². The molecule has 236 valence electrons. The molecular formula is C36H40N8O2. The number of anilines is 1. The summed E-state index contributed by atoms with van der Waals surface area (Å²) < 4.78 is 10.4. The molecule has 4 atom stereocenters. The molecule has 2 saturated carbocycles. The van der Waals surface area contributed by atoms with Gasteiger partial charge >= 0.3 is 0 Å². The number of nitrogens with zero attached hydrogens (tertiary/aromatic N) is 7. The molecule has 1 amide bonds. The van der Waals surface area contributed by atoms with Gasteiger partial charge in [-0.3, -0.25) is 9.78 Å². The highest BCUT2D eigenvalue weighted by molar-refractivity contribution is 6.00. The summed E-state index contributed by atoms with van der Waals surface area (Å²) in [6.45, 7) is 2.61. The van der Waals surface area contributed by atoms with Crippen molar-refractivity contribution in [3.05, 3.63) is 66.0 Å². The molecule has 0 radical (unpaired) electrons. The number of carbonyl (C=O) groups is 1. The molecule has 2 N–H and O–H groups in total. The Hall–Kier alpha value is -4.44. The van der Waals surface area contributed by atoms with Crippen LogP contribution in [0.3, 0.4) is 0 Å². The molecule has 46 heavy (non-hydrogen) atoms. The number of methoxy groups -OCH3 is 1. The summed E-state index contributed by atoms with van der Waals surface area (Å²) in [6.07, 6.45) is 10.6. The van der Waals surface area contributed by atoms with E-state index in [1.165, 1.54) is 18.4 Å². The van der Waals surface area contributed by atoms with Crippen molar-refractivity contribution in [3.8, 4) is 17.3 Å². The van der Waals surface area contributed by atoms with Gasteiger partial charge in [0.2, 0.25) is 0 Å². The van der Waals surface area contributed by atoms with Crippen LogP contribution in [0.15, 0.2) is 54.9 Å². The molecule has 0 spiro atoms. The number of nitrogens with two attached hydrogens (primary N) is 1. The average Bonchev–Trinajstić information content (AvgIpc) is 3.39. The minimum Gasteiger partial charge on any atom is -0.494 e. The third kappa shape index (κ3) is 4.33.